The molecule has 0 saturated carbocycles. The van der Waals surface area contributed by atoms with Gasteiger partial charge in [0.2, 0.25) is 0 Å². The summed E-state index contributed by atoms with van der Waals surface area (Å²) in [7, 11) is -2.30. The number of nitrogens with zero attached hydrogens (tertiary/aromatic N) is 1. The van der Waals surface area contributed by atoms with Crippen LogP contribution in [0.4, 0.5) is 10.5 Å². The lowest BCUT2D eigenvalue weighted by molar-refractivity contribution is -0.140. The molecule has 0 spiro atoms. The number of carboxylic acid groups (broad SMARTS) is 1. The molecule has 0 unspecified atom stereocenters. The third kappa shape index (κ3) is 4.82. The molecule has 9 heteroatoms. The van der Waals surface area contributed by atoms with E-state index in [-0.39, 0.29) is 13.0 Å². The number of amides is 1. The number of ether oxygens (including phenoxy) is 2. The molecule has 1 aliphatic heterocycles. The summed E-state index contributed by atoms with van der Waals surface area (Å²) in [6.07, 6.45) is -0.350. The molecule has 1 aromatic rings. The molecule has 1 fully saturated rings. The van der Waals surface area contributed by atoms with Gasteiger partial charge in [0.05, 0.1) is 13.2 Å². The van der Waals surface area contributed by atoms with Crippen LogP contribution in [-0.2, 0) is 24.1 Å². The fourth-order valence-electron chi connectivity index (χ4n) is 2.71. The monoisotopic (exact) mass is 409 g/mol. The molecule has 1 heterocycles. The summed E-state index contributed by atoms with van der Waals surface area (Å²) in [6, 6.07) is 6.93. The molecule has 1 N–H and O–H groups in total. The molecule has 2 rings (SSSR count). The highest BCUT2D eigenvalue weighted by Gasteiger charge is 2.48. The van der Waals surface area contributed by atoms with Gasteiger partial charge in [-0.1, -0.05) is 11.8 Å². The zero-order valence-electron chi connectivity index (χ0n) is 16.0. The van der Waals surface area contributed by atoms with Crippen LogP contribution < -0.4 is 4.90 Å². The number of sulfone groups is 1. The number of carbonyl (C=O) groups is 2. The lowest BCUT2D eigenvalue weighted by Gasteiger charge is -2.24. The van der Waals surface area contributed by atoms with Gasteiger partial charge in [0.15, 0.2) is 14.6 Å². The number of benzene rings is 1. The van der Waals surface area contributed by atoms with Crippen LogP contribution in [0.3, 0.4) is 0 Å². The standard InChI is InChI=1S/C19H23NO7S/c1-19(17(21)22,28(3,24)25)12-16-13-20(18(23)27-16)15-9-7-14(8-10-15)6-4-5-11-26-2/h7-10,16H,5,11-13H2,1-3H3,(H,21,22)/t16-,19+/m0/s1. The van der Waals surface area contributed by atoms with E-state index in [1.165, 1.54) is 4.90 Å². The molecule has 1 saturated heterocycles. The first-order valence-corrected chi connectivity index (χ1v) is 10.5. The second-order valence-electron chi connectivity index (χ2n) is 6.72. The van der Waals surface area contributed by atoms with Gasteiger partial charge in [-0.05, 0) is 31.2 Å². The normalized spacial score (nSPS) is 18.8. The molecule has 0 bridgehead atoms. The van der Waals surface area contributed by atoms with Crippen LogP contribution in [0, 0.1) is 11.8 Å². The van der Waals surface area contributed by atoms with Crippen molar-refractivity contribution in [1.82, 2.24) is 0 Å². The molecule has 0 radical (unpaired) electrons. The van der Waals surface area contributed by atoms with Crippen molar-refractivity contribution in [3.63, 3.8) is 0 Å². The Kier molecular flexibility index (Phi) is 6.69. The molecule has 1 aromatic carbocycles. The van der Waals surface area contributed by atoms with Crippen LogP contribution in [0.2, 0.25) is 0 Å². The summed E-state index contributed by atoms with van der Waals surface area (Å²) >= 11 is 0. The van der Waals surface area contributed by atoms with Gasteiger partial charge in [0.1, 0.15) is 6.10 Å². The molecule has 28 heavy (non-hydrogen) atoms. The SMILES string of the molecule is COCCC#Cc1ccc(N2C[C@H](C[C@](C)(C(=O)O)S(C)(=O)=O)OC2=O)cc1. The highest BCUT2D eigenvalue weighted by Crippen LogP contribution is 2.30. The average molecular weight is 409 g/mol. The van der Waals surface area contributed by atoms with Gasteiger partial charge in [0.25, 0.3) is 0 Å². The number of aliphatic carboxylic acids is 1. The van der Waals surface area contributed by atoms with Gasteiger partial charge in [-0.3, -0.25) is 9.69 Å². The Morgan fingerprint density at radius 3 is 2.57 bits per heavy atom. The molecular formula is C19H23NO7S. The maximum absolute atomic E-state index is 12.2. The minimum atomic E-state index is -3.90. The number of anilines is 1. The van der Waals surface area contributed by atoms with Gasteiger partial charge in [-0.15, -0.1) is 0 Å². The van der Waals surface area contributed by atoms with Crippen molar-refractivity contribution >= 4 is 27.6 Å². The number of methoxy groups -OCH3 is 1. The van der Waals surface area contributed by atoms with Crippen molar-refractivity contribution in [3.8, 4) is 11.8 Å². The van der Waals surface area contributed by atoms with E-state index in [0.717, 1.165) is 18.7 Å². The van der Waals surface area contributed by atoms with E-state index in [1.807, 2.05) is 0 Å². The zero-order chi connectivity index (χ0) is 20.9. The van der Waals surface area contributed by atoms with E-state index in [2.05, 4.69) is 11.8 Å². The maximum atomic E-state index is 12.2. The lowest BCUT2D eigenvalue weighted by atomic mass is 10.0. The van der Waals surface area contributed by atoms with E-state index in [0.29, 0.717) is 18.7 Å². The van der Waals surface area contributed by atoms with Crippen LogP contribution in [0.1, 0.15) is 25.3 Å². The van der Waals surface area contributed by atoms with E-state index in [1.54, 1.807) is 31.4 Å². The van der Waals surface area contributed by atoms with E-state index in [4.69, 9.17) is 9.47 Å². The Hall–Kier alpha value is -2.57. The van der Waals surface area contributed by atoms with Crippen molar-refractivity contribution < 1.29 is 32.6 Å². The van der Waals surface area contributed by atoms with Crippen molar-refractivity contribution in [2.24, 2.45) is 0 Å². The topological polar surface area (TPSA) is 110 Å². The van der Waals surface area contributed by atoms with Crippen LogP contribution in [0.15, 0.2) is 24.3 Å². The maximum Gasteiger partial charge on any atom is 0.414 e. The molecule has 152 valence electrons. The number of carbonyl (C=O) groups excluding carboxylic acids is 1. The Balaban J connectivity index is 2.10. The molecular weight excluding hydrogens is 386 g/mol. The number of carboxylic acids is 1. The van der Waals surface area contributed by atoms with Crippen LogP contribution >= 0.6 is 0 Å². The number of cyclic esters (lactones) is 1. The lowest BCUT2D eigenvalue weighted by Crippen LogP contribution is -2.46. The molecule has 0 aromatic heterocycles. The average Bonchev–Trinajstić information content (AvgIpc) is 2.98. The molecule has 0 aliphatic carbocycles. The molecule has 1 aliphatic rings. The summed E-state index contributed by atoms with van der Waals surface area (Å²) in [4.78, 5) is 25.0. The summed E-state index contributed by atoms with van der Waals surface area (Å²) < 4.78 is 31.9. The Labute approximate surface area is 164 Å². The van der Waals surface area contributed by atoms with Crippen molar-refractivity contribution in [3.05, 3.63) is 29.8 Å². The highest BCUT2D eigenvalue weighted by atomic mass is 32.2. The third-order valence-corrected chi connectivity index (χ3v) is 6.58. The zero-order valence-corrected chi connectivity index (χ0v) is 16.8. The minimum Gasteiger partial charge on any atom is -0.480 e. The number of hydrogen-bond acceptors (Lipinski definition) is 6. The van der Waals surface area contributed by atoms with E-state index in [9.17, 15) is 23.1 Å². The first-order valence-electron chi connectivity index (χ1n) is 8.57. The van der Waals surface area contributed by atoms with E-state index < -0.39 is 32.8 Å². The van der Waals surface area contributed by atoms with Gasteiger partial charge >= 0.3 is 12.1 Å². The summed E-state index contributed by atoms with van der Waals surface area (Å²) in [5, 5.41) is 9.36. The first kappa shape index (κ1) is 21.7. The minimum absolute atomic E-state index is 0.0656. The Bertz CT molecular complexity index is 898. The molecule has 2 atom stereocenters. The fourth-order valence-corrected chi connectivity index (χ4v) is 3.52. The Morgan fingerprint density at radius 2 is 2.04 bits per heavy atom. The second-order valence-corrected chi connectivity index (χ2v) is 9.17. The Morgan fingerprint density at radius 1 is 1.39 bits per heavy atom. The van der Waals surface area contributed by atoms with Crippen molar-refractivity contribution in [1.29, 1.82) is 0 Å². The second kappa shape index (κ2) is 8.63. The molecule has 1 amide bonds. The van der Waals surface area contributed by atoms with E-state index >= 15 is 0 Å². The third-order valence-electron chi connectivity index (χ3n) is 4.60. The largest absolute Gasteiger partial charge is 0.480 e. The predicted octanol–water partition coefficient (Wildman–Crippen LogP) is 1.68. The van der Waals surface area contributed by atoms with Gasteiger partial charge in [0, 0.05) is 37.5 Å². The highest BCUT2D eigenvalue weighted by molar-refractivity contribution is 7.92. The first-order chi connectivity index (χ1) is 13.1. The van der Waals surface area contributed by atoms with Crippen LogP contribution in [0.25, 0.3) is 0 Å². The van der Waals surface area contributed by atoms with Crippen molar-refractivity contribution in [2.75, 3.05) is 31.4 Å². The summed E-state index contributed by atoms with van der Waals surface area (Å²) in [5.74, 6) is 4.47. The fraction of sp³-hybridized carbons (Fsp3) is 0.474. The number of rotatable bonds is 7. The van der Waals surface area contributed by atoms with Gasteiger partial charge in [-0.25, -0.2) is 13.2 Å². The smallest absolute Gasteiger partial charge is 0.414 e. The van der Waals surface area contributed by atoms with Gasteiger partial charge < -0.3 is 14.6 Å². The molecule has 8 nitrogen and oxygen atoms in total. The number of hydrogen-bond donors (Lipinski definition) is 1. The quantitative estimate of drug-likeness (QED) is 0.539. The van der Waals surface area contributed by atoms with Gasteiger partial charge in [-0.2, -0.15) is 0 Å². The predicted molar refractivity (Wildman–Crippen MR) is 103 cm³/mol. The summed E-state index contributed by atoms with van der Waals surface area (Å²) in [6.45, 7) is 1.74. The van der Waals surface area contributed by atoms with Crippen LogP contribution in [0.5, 0.6) is 0 Å². The van der Waals surface area contributed by atoms with Crippen molar-refractivity contribution in [2.45, 2.75) is 30.6 Å². The summed E-state index contributed by atoms with van der Waals surface area (Å²) in [5.41, 5.74) is 1.34. The van der Waals surface area contributed by atoms with Crippen LogP contribution in [-0.4, -0.2) is 63.0 Å².